The first-order valence-electron chi connectivity index (χ1n) is 4.75. The summed E-state index contributed by atoms with van der Waals surface area (Å²) in [6.45, 7) is 1.27. The molecule has 2 aromatic heterocycles. The van der Waals surface area contributed by atoms with E-state index in [9.17, 15) is 13.2 Å². The molecule has 0 saturated carbocycles. The van der Waals surface area contributed by atoms with Crippen molar-refractivity contribution in [2.45, 2.75) is 13.1 Å². The molecule has 0 aliphatic heterocycles. The van der Waals surface area contributed by atoms with Gasteiger partial charge in [-0.15, -0.1) is 0 Å². The van der Waals surface area contributed by atoms with E-state index >= 15 is 0 Å². The predicted molar refractivity (Wildman–Crippen MR) is 63.8 cm³/mol. The first kappa shape index (κ1) is 13.4. The smallest absolute Gasteiger partial charge is 0.236 e. The quantitative estimate of drug-likeness (QED) is 0.785. The summed E-state index contributed by atoms with van der Waals surface area (Å²) in [6, 6.07) is 3.16. The topological polar surface area (TPSA) is 30.7 Å². The summed E-state index contributed by atoms with van der Waals surface area (Å²) in [6.07, 6.45) is -3.08. The maximum Gasteiger partial charge on any atom is 0.435 e. The van der Waals surface area contributed by atoms with Gasteiger partial charge in [0.05, 0.1) is 0 Å². The fraction of sp³-hybridized carbons (Fsp3) is 0.200. The molecule has 18 heavy (non-hydrogen) atoms. The summed E-state index contributed by atoms with van der Waals surface area (Å²) in [5, 5.41) is 3.36. The Morgan fingerprint density at radius 2 is 2.00 bits per heavy atom. The normalized spacial score (nSPS) is 11.9. The van der Waals surface area contributed by atoms with Crippen molar-refractivity contribution >= 4 is 27.5 Å². The average molecular weight is 341 g/mol. The van der Waals surface area contributed by atoms with Gasteiger partial charge < -0.3 is 0 Å². The van der Waals surface area contributed by atoms with Gasteiger partial charge >= 0.3 is 6.18 Å². The summed E-state index contributed by atoms with van der Waals surface area (Å²) in [5.41, 5.74) is -1.12. The zero-order valence-electron chi connectivity index (χ0n) is 8.96. The third-order valence-corrected chi connectivity index (χ3v) is 3.16. The van der Waals surface area contributed by atoms with Crippen molar-refractivity contribution in [2.24, 2.45) is 0 Å². The Labute approximate surface area is 114 Å². The fourth-order valence-corrected chi connectivity index (χ4v) is 1.84. The van der Waals surface area contributed by atoms with Crippen LogP contribution in [0.2, 0.25) is 5.15 Å². The number of hydrogen-bond donors (Lipinski definition) is 0. The maximum absolute atomic E-state index is 12.7. The van der Waals surface area contributed by atoms with Gasteiger partial charge in [-0.25, -0.2) is 9.67 Å². The lowest BCUT2D eigenvalue weighted by molar-refractivity contribution is -0.141. The van der Waals surface area contributed by atoms with E-state index in [4.69, 9.17) is 11.6 Å². The van der Waals surface area contributed by atoms with Crippen molar-refractivity contribution in [3.63, 3.8) is 0 Å². The Morgan fingerprint density at radius 1 is 1.33 bits per heavy atom. The minimum Gasteiger partial charge on any atom is -0.236 e. The van der Waals surface area contributed by atoms with Crippen LogP contribution in [0.3, 0.4) is 0 Å². The number of alkyl halides is 3. The molecule has 0 bridgehead atoms. The highest BCUT2D eigenvalue weighted by Crippen LogP contribution is 2.34. The van der Waals surface area contributed by atoms with Crippen molar-refractivity contribution in [1.29, 1.82) is 0 Å². The lowest BCUT2D eigenvalue weighted by Crippen LogP contribution is -2.09. The Kier molecular flexibility index (Phi) is 3.37. The molecule has 0 fully saturated rings. The van der Waals surface area contributed by atoms with Gasteiger partial charge in [0, 0.05) is 16.2 Å². The molecule has 0 saturated heterocycles. The molecule has 0 atom stereocenters. The summed E-state index contributed by atoms with van der Waals surface area (Å²) in [4.78, 5) is 3.95. The van der Waals surface area contributed by atoms with Crippen LogP contribution in [0.4, 0.5) is 13.2 Å². The first-order chi connectivity index (χ1) is 8.30. The largest absolute Gasteiger partial charge is 0.435 e. The second-order valence-electron chi connectivity index (χ2n) is 3.51. The van der Waals surface area contributed by atoms with Gasteiger partial charge in [0.15, 0.2) is 11.5 Å². The highest BCUT2D eigenvalue weighted by atomic mass is 79.9. The molecule has 2 aromatic rings. The minimum absolute atomic E-state index is 0.0999. The number of pyridine rings is 1. The molecule has 0 amide bonds. The van der Waals surface area contributed by atoms with Gasteiger partial charge in [0.1, 0.15) is 5.15 Å². The molecule has 2 heterocycles. The van der Waals surface area contributed by atoms with Crippen LogP contribution in [-0.2, 0) is 6.18 Å². The molecule has 2 rings (SSSR count). The van der Waals surface area contributed by atoms with Gasteiger partial charge in [-0.05, 0) is 35.0 Å². The molecule has 96 valence electrons. The van der Waals surface area contributed by atoms with Crippen molar-refractivity contribution in [2.75, 3.05) is 0 Å². The van der Waals surface area contributed by atoms with Crippen molar-refractivity contribution in [3.05, 3.63) is 39.2 Å². The van der Waals surface area contributed by atoms with Crippen LogP contribution in [0.25, 0.3) is 5.82 Å². The Balaban J connectivity index is 2.56. The van der Waals surface area contributed by atoms with Gasteiger partial charge in [0.2, 0.25) is 0 Å². The van der Waals surface area contributed by atoms with Gasteiger partial charge in [-0.1, -0.05) is 11.6 Å². The summed E-state index contributed by atoms with van der Waals surface area (Å²) in [5.74, 6) is 0.224. The van der Waals surface area contributed by atoms with Crippen LogP contribution in [0.5, 0.6) is 0 Å². The maximum atomic E-state index is 12.7. The Hall–Kier alpha value is -1.08. The van der Waals surface area contributed by atoms with Crippen molar-refractivity contribution in [1.82, 2.24) is 14.8 Å². The highest BCUT2D eigenvalue weighted by molar-refractivity contribution is 9.10. The van der Waals surface area contributed by atoms with Crippen LogP contribution in [-0.4, -0.2) is 14.8 Å². The molecule has 0 aromatic carbocycles. The van der Waals surface area contributed by atoms with E-state index in [2.05, 4.69) is 26.0 Å². The summed E-state index contributed by atoms with van der Waals surface area (Å²) in [7, 11) is 0. The number of nitrogens with zero attached hydrogens (tertiary/aromatic N) is 3. The lowest BCUT2D eigenvalue weighted by atomic mass is 10.3. The minimum atomic E-state index is -4.53. The molecule has 0 spiro atoms. The number of halogens is 5. The van der Waals surface area contributed by atoms with Crippen LogP contribution in [0.15, 0.2) is 22.8 Å². The van der Waals surface area contributed by atoms with E-state index in [-0.39, 0.29) is 16.5 Å². The van der Waals surface area contributed by atoms with Crippen LogP contribution < -0.4 is 0 Å². The third kappa shape index (κ3) is 2.37. The van der Waals surface area contributed by atoms with Gasteiger partial charge in [-0.2, -0.15) is 18.3 Å². The molecule has 0 radical (unpaired) electrons. The SMILES string of the molecule is Cc1c(C(F)(F)F)nn(-c2ccc(Br)cn2)c1Cl. The van der Waals surface area contributed by atoms with E-state index in [1.54, 1.807) is 6.07 Å². The number of aromatic nitrogens is 3. The van der Waals surface area contributed by atoms with Crippen LogP contribution in [0, 0.1) is 6.92 Å². The van der Waals surface area contributed by atoms with E-state index < -0.39 is 11.9 Å². The van der Waals surface area contributed by atoms with E-state index in [0.717, 1.165) is 4.68 Å². The number of rotatable bonds is 1. The van der Waals surface area contributed by atoms with Gasteiger partial charge in [0.25, 0.3) is 0 Å². The van der Waals surface area contributed by atoms with Crippen molar-refractivity contribution in [3.8, 4) is 5.82 Å². The van der Waals surface area contributed by atoms with Crippen LogP contribution in [0.1, 0.15) is 11.3 Å². The van der Waals surface area contributed by atoms with Crippen molar-refractivity contribution < 1.29 is 13.2 Å². The highest BCUT2D eigenvalue weighted by Gasteiger charge is 2.37. The molecular formula is C10H6BrClF3N3. The Morgan fingerprint density at radius 3 is 2.44 bits per heavy atom. The number of hydrogen-bond acceptors (Lipinski definition) is 2. The molecule has 0 aliphatic carbocycles. The van der Waals surface area contributed by atoms with E-state index in [1.165, 1.54) is 19.2 Å². The fourth-order valence-electron chi connectivity index (χ4n) is 1.39. The monoisotopic (exact) mass is 339 g/mol. The molecular weight excluding hydrogens is 334 g/mol. The Bertz CT molecular complexity index is 577. The lowest BCUT2D eigenvalue weighted by Gasteiger charge is -2.02. The third-order valence-electron chi connectivity index (χ3n) is 2.25. The zero-order chi connectivity index (χ0) is 13.5. The summed E-state index contributed by atoms with van der Waals surface area (Å²) >= 11 is 9.03. The molecule has 8 heteroatoms. The molecule has 3 nitrogen and oxygen atoms in total. The molecule has 0 N–H and O–H groups in total. The standard InChI is InChI=1S/C10H6BrClF3N3/c1-5-8(10(13,14)15)17-18(9(5)12)7-3-2-6(11)4-16-7/h2-4H,1H3. The van der Waals surface area contributed by atoms with E-state index in [0.29, 0.717) is 4.47 Å². The zero-order valence-corrected chi connectivity index (χ0v) is 11.3. The molecule has 0 unspecified atom stereocenters. The van der Waals surface area contributed by atoms with E-state index in [1.807, 2.05) is 0 Å². The second-order valence-corrected chi connectivity index (χ2v) is 4.78. The van der Waals surface area contributed by atoms with Gasteiger partial charge in [-0.3, -0.25) is 0 Å². The average Bonchev–Trinajstić information content (AvgIpc) is 2.57. The van der Waals surface area contributed by atoms with Crippen LogP contribution >= 0.6 is 27.5 Å². The second kappa shape index (κ2) is 4.55. The predicted octanol–water partition coefficient (Wildman–Crippen LogP) is 4.01. The summed E-state index contributed by atoms with van der Waals surface area (Å²) < 4.78 is 39.7. The first-order valence-corrected chi connectivity index (χ1v) is 5.92. The molecule has 0 aliphatic rings.